The number of carboxylic acids is 1. The number of carbonyl (C=O) groups is 1. The minimum atomic E-state index is -0.735. The van der Waals surface area contributed by atoms with Gasteiger partial charge in [-0.05, 0) is 23.6 Å². The molecule has 1 aliphatic rings. The lowest BCUT2D eigenvalue weighted by molar-refractivity contribution is -0.145. The molecule has 0 spiro atoms. The Bertz CT molecular complexity index is 533. The van der Waals surface area contributed by atoms with Crippen molar-refractivity contribution in [2.75, 3.05) is 13.1 Å². The first-order valence-electron chi connectivity index (χ1n) is 6.15. The van der Waals surface area contributed by atoms with E-state index in [1.165, 1.54) is 0 Å². The van der Waals surface area contributed by atoms with E-state index in [2.05, 4.69) is 4.90 Å². The minimum Gasteiger partial charge on any atom is -0.481 e. The normalized spacial score (nSPS) is 17.5. The van der Waals surface area contributed by atoms with Gasteiger partial charge < -0.3 is 5.11 Å². The first-order valence-corrected chi connectivity index (χ1v) is 6.52. The second-order valence-electron chi connectivity index (χ2n) is 5.00. The SMILES string of the molecule is CC(C(=O)O)C1CN(Cc2ccc(C#N)cc2Cl)C1. The Morgan fingerprint density at radius 2 is 2.32 bits per heavy atom. The van der Waals surface area contributed by atoms with Gasteiger partial charge in [0.05, 0.1) is 17.6 Å². The lowest BCUT2D eigenvalue weighted by Crippen LogP contribution is -2.50. The lowest BCUT2D eigenvalue weighted by Gasteiger charge is -2.41. The number of benzene rings is 1. The third-order valence-corrected chi connectivity index (χ3v) is 4.01. The van der Waals surface area contributed by atoms with Gasteiger partial charge in [-0.2, -0.15) is 5.26 Å². The third-order valence-electron chi connectivity index (χ3n) is 3.66. The molecule has 4 nitrogen and oxygen atoms in total. The van der Waals surface area contributed by atoms with Crippen LogP contribution in [0.2, 0.25) is 5.02 Å². The number of likely N-dealkylation sites (tertiary alicyclic amines) is 1. The van der Waals surface area contributed by atoms with Crippen LogP contribution in [-0.2, 0) is 11.3 Å². The van der Waals surface area contributed by atoms with Crippen LogP contribution in [0.3, 0.4) is 0 Å². The van der Waals surface area contributed by atoms with Gasteiger partial charge in [0.2, 0.25) is 0 Å². The number of rotatable bonds is 4. The van der Waals surface area contributed by atoms with Gasteiger partial charge in [0.1, 0.15) is 0 Å². The second kappa shape index (κ2) is 5.60. The highest BCUT2D eigenvalue weighted by molar-refractivity contribution is 6.31. The number of aliphatic carboxylic acids is 1. The van der Waals surface area contributed by atoms with Crippen molar-refractivity contribution in [1.82, 2.24) is 4.90 Å². The summed E-state index contributed by atoms with van der Waals surface area (Å²) in [6, 6.07) is 7.31. The summed E-state index contributed by atoms with van der Waals surface area (Å²) in [7, 11) is 0. The zero-order chi connectivity index (χ0) is 14.0. The molecule has 1 aromatic rings. The van der Waals surface area contributed by atoms with Gasteiger partial charge in [0.25, 0.3) is 0 Å². The molecule has 1 aromatic carbocycles. The van der Waals surface area contributed by atoms with Crippen LogP contribution in [0.5, 0.6) is 0 Å². The number of nitrogens with zero attached hydrogens (tertiary/aromatic N) is 2. The number of halogens is 1. The Labute approximate surface area is 117 Å². The molecule has 1 unspecified atom stereocenters. The molecule has 1 heterocycles. The van der Waals surface area contributed by atoms with Crippen molar-refractivity contribution in [1.29, 1.82) is 5.26 Å². The summed E-state index contributed by atoms with van der Waals surface area (Å²) in [5, 5.41) is 18.3. The molecule has 1 saturated heterocycles. The minimum absolute atomic E-state index is 0.217. The predicted molar refractivity (Wildman–Crippen MR) is 71.7 cm³/mol. The summed E-state index contributed by atoms with van der Waals surface area (Å²) in [6.45, 7) is 4.01. The fourth-order valence-corrected chi connectivity index (χ4v) is 2.48. The van der Waals surface area contributed by atoms with Crippen LogP contribution in [0.1, 0.15) is 18.1 Å². The average Bonchev–Trinajstić information content (AvgIpc) is 2.33. The van der Waals surface area contributed by atoms with Crippen molar-refractivity contribution in [2.45, 2.75) is 13.5 Å². The molecular formula is C14H15ClN2O2. The number of nitriles is 1. The summed E-state index contributed by atoms with van der Waals surface area (Å²) >= 11 is 6.11. The van der Waals surface area contributed by atoms with Crippen molar-refractivity contribution in [2.24, 2.45) is 11.8 Å². The monoisotopic (exact) mass is 278 g/mol. The molecule has 19 heavy (non-hydrogen) atoms. The molecule has 0 aromatic heterocycles. The topological polar surface area (TPSA) is 64.3 Å². The lowest BCUT2D eigenvalue weighted by atomic mass is 9.87. The van der Waals surface area contributed by atoms with Crippen LogP contribution in [0.25, 0.3) is 0 Å². The van der Waals surface area contributed by atoms with E-state index in [1.54, 1.807) is 19.1 Å². The van der Waals surface area contributed by atoms with Gasteiger partial charge in [-0.1, -0.05) is 24.6 Å². The second-order valence-corrected chi connectivity index (χ2v) is 5.41. The van der Waals surface area contributed by atoms with Crippen LogP contribution < -0.4 is 0 Å². The summed E-state index contributed by atoms with van der Waals surface area (Å²) in [5.41, 5.74) is 1.52. The maximum absolute atomic E-state index is 10.9. The molecule has 0 amide bonds. The van der Waals surface area contributed by atoms with Crippen LogP contribution in [0.15, 0.2) is 18.2 Å². The Morgan fingerprint density at radius 3 is 2.84 bits per heavy atom. The highest BCUT2D eigenvalue weighted by atomic mass is 35.5. The average molecular weight is 279 g/mol. The zero-order valence-electron chi connectivity index (χ0n) is 10.6. The molecule has 1 atom stereocenters. The number of hydrogen-bond donors (Lipinski definition) is 1. The fraction of sp³-hybridized carbons (Fsp3) is 0.429. The van der Waals surface area contributed by atoms with E-state index >= 15 is 0 Å². The van der Waals surface area contributed by atoms with Crippen molar-refractivity contribution in [3.8, 4) is 6.07 Å². The van der Waals surface area contributed by atoms with Crippen LogP contribution in [0.4, 0.5) is 0 Å². The Hall–Kier alpha value is -1.57. The van der Waals surface area contributed by atoms with E-state index < -0.39 is 5.97 Å². The number of carboxylic acid groups (broad SMARTS) is 1. The molecule has 2 rings (SSSR count). The number of hydrogen-bond acceptors (Lipinski definition) is 3. The van der Waals surface area contributed by atoms with Gasteiger partial charge in [0.15, 0.2) is 0 Å². The summed E-state index contributed by atoms with van der Waals surface area (Å²) in [4.78, 5) is 13.0. The Morgan fingerprint density at radius 1 is 1.63 bits per heavy atom. The molecule has 100 valence electrons. The van der Waals surface area contributed by atoms with E-state index in [9.17, 15) is 4.79 Å². The smallest absolute Gasteiger partial charge is 0.306 e. The third kappa shape index (κ3) is 3.06. The highest BCUT2D eigenvalue weighted by Gasteiger charge is 2.34. The maximum atomic E-state index is 10.9. The van der Waals surface area contributed by atoms with Crippen molar-refractivity contribution >= 4 is 17.6 Å². The molecule has 5 heteroatoms. The van der Waals surface area contributed by atoms with Gasteiger partial charge in [-0.3, -0.25) is 9.69 Å². The van der Waals surface area contributed by atoms with Crippen molar-refractivity contribution in [3.63, 3.8) is 0 Å². The van der Waals surface area contributed by atoms with Crippen LogP contribution in [-0.4, -0.2) is 29.1 Å². The van der Waals surface area contributed by atoms with E-state index in [0.717, 1.165) is 18.7 Å². The molecule has 0 bridgehead atoms. The largest absolute Gasteiger partial charge is 0.481 e. The molecule has 1 N–H and O–H groups in total. The molecule has 0 radical (unpaired) electrons. The highest BCUT2D eigenvalue weighted by Crippen LogP contribution is 2.27. The zero-order valence-corrected chi connectivity index (χ0v) is 11.4. The fourth-order valence-electron chi connectivity index (χ4n) is 2.24. The van der Waals surface area contributed by atoms with Crippen LogP contribution in [0, 0.1) is 23.2 Å². The summed E-state index contributed by atoms with van der Waals surface area (Å²) < 4.78 is 0. The van der Waals surface area contributed by atoms with Gasteiger partial charge >= 0.3 is 5.97 Å². The molecule has 1 fully saturated rings. The standard InChI is InChI=1S/C14H15ClN2O2/c1-9(14(18)19)12-7-17(8-12)6-11-3-2-10(5-16)4-13(11)15/h2-4,9,12H,6-8H2,1H3,(H,18,19). The van der Waals surface area contributed by atoms with E-state index in [1.807, 2.05) is 12.1 Å². The Kier molecular flexibility index (Phi) is 4.08. The van der Waals surface area contributed by atoms with Crippen molar-refractivity contribution < 1.29 is 9.90 Å². The quantitative estimate of drug-likeness (QED) is 0.918. The first kappa shape index (κ1) is 13.9. The van der Waals surface area contributed by atoms with E-state index in [4.69, 9.17) is 22.0 Å². The van der Waals surface area contributed by atoms with E-state index in [0.29, 0.717) is 17.1 Å². The maximum Gasteiger partial charge on any atom is 0.306 e. The first-order chi connectivity index (χ1) is 9.01. The molecule has 1 aliphatic heterocycles. The van der Waals surface area contributed by atoms with Gasteiger partial charge in [-0.15, -0.1) is 0 Å². The van der Waals surface area contributed by atoms with Crippen LogP contribution >= 0.6 is 11.6 Å². The molecule has 0 aliphatic carbocycles. The Balaban J connectivity index is 1.91. The van der Waals surface area contributed by atoms with E-state index in [-0.39, 0.29) is 11.8 Å². The summed E-state index contributed by atoms with van der Waals surface area (Å²) in [5.74, 6) is -0.816. The molecular weight excluding hydrogens is 264 g/mol. The predicted octanol–water partition coefficient (Wildman–Crippen LogP) is 2.36. The van der Waals surface area contributed by atoms with Crippen molar-refractivity contribution in [3.05, 3.63) is 34.3 Å². The van der Waals surface area contributed by atoms with Gasteiger partial charge in [0, 0.05) is 24.7 Å². The molecule has 0 saturated carbocycles. The van der Waals surface area contributed by atoms with Gasteiger partial charge in [-0.25, -0.2) is 0 Å². The summed E-state index contributed by atoms with van der Waals surface area (Å²) in [6.07, 6.45) is 0.